The number of nitrogens with zero attached hydrogens (tertiary/aromatic N) is 1. The summed E-state index contributed by atoms with van der Waals surface area (Å²) in [6.07, 6.45) is 0.319. The maximum atomic E-state index is 11.4. The van der Waals surface area contributed by atoms with E-state index in [1.54, 1.807) is 11.9 Å². The molecule has 1 heterocycles. The first kappa shape index (κ1) is 11.4. The molecule has 1 aliphatic heterocycles. The highest BCUT2D eigenvalue weighted by Crippen LogP contribution is 2.40. The summed E-state index contributed by atoms with van der Waals surface area (Å²) >= 11 is 0. The molecular weight excluding hydrogens is 226 g/mol. The Balaban J connectivity index is 2.57. The van der Waals surface area contributed by atoms with E-state index in [0.717, 1.165) is 16.8 Å². The number of hydrogen-bond acceptors (Lipinski definition) is 3. The quantitative estimate of drug-likeness (QED) is 0.759. The summed E-state index contributed by atoms with van der Waals surface area (Å²) in [6, 6.07) is 5.79. The Morgan fingerprint density at radius 1 is 1.44 bits per heavy atom. The molecule has 1 aliphatic rings. The molecule has 5 heteroatoms. The number of aryl methyl sites for hydroxylation is 1. The Morgan fingerprint density at radius 3 is 2.62 bits per heavy atom. The number of anilines is 1. The Bertz CT molecular complexity index is 538. The molecule has 1 aromatic rings. The van der Waals surface area contributed by atoms with Crippen LogP contribution < -0.4 is 4.90 Å². The summed E-state index contributed by atoms with van der Waals surface area (Å²) in [7, 11) is -2.42. The van der Waals surface area contributed by atoms with E-state index < -0.39 is 15.0 Å². The van der Waals surface area contributed by atoms with Crippen LogP contribution in [0.5, 0.6) is 0 Å². The Labute approximate surface area is 95.6 Å². The van der Waals surface area contributed by atoms with Gasteiger partial charge in [-0.1, -0.05) is 17.7 Å². The molecule has 2 rings (SSSR count). The van der Waals surface area contributed by atoms with E-state index in [0.29, 0.717) is 6.42 Å². The van der Waals surface area contributed by atoms with Crippen LogP contribution in [0.1, 0.15) is 18.1 Å². The van der Waals surface area contributed by atoms with Crippen molar-refractivity contribution in [2.75, 3.05) is 11.9 Å². The average Bonchev–Trinajstić information content (AvgIpc) is 2.39. The molecule has 0 aromatic heterocycles. The lowest BCUT2D eigenvalue weighted by molar-refractivity contribution is 0.434. The van der Waals surface area contributed by atoms with Crippen molar-refractivity contribution in [1.29, 1.82) is 0 Å². The predicted molar refractivity (Wildman–Crippen MR) is 63.2 cm³/mol. The molecule has 0 radical (unpaired) electrons. The van der Waals surface area contributed by atoms with Gasteiger partial charge in [-0.25, -0.2) is 0 Å². The van der Waals surface area contributed by atoms with Gasteiger partial charge in [-0.15, -0.1) is 0 Å². The third-order valence-corrected chi connectivity index (χ3v) is 4.91. The first-order valence-corrected chi connectivity index (χ1v) is 6.50. The van der Waals surface area contributed by atoms with Crippen LogP contribution in [0.25, 0.3) is 0 Å². The molecule has 1 atom stereocenters. The second-order valence-electron chi connectivity index (χ2n) is 4.52. The zero-order valence-electron chi connectivity index (χ0n) is 9.56. The first-order chi connectivity index (χ1) is 7.25. The topological polar surface area (TPSA) is 57.6 Å². The highest BCUT2D eigenvalue weighted by molar-refractivity contribution is 7.87. The fourth-order valence-corrected chi connectivity index (χ4v) is 2.96. The summed E-state index contributed by atoms with van der Waals surface area (Å²) in [5, 5.41) is 0. The third kappa shape index (κ3) is 1.43. The van der Waals surface area contributed by atoms with Crippen molar-refractivity contribution >= 4 is 15.8 Å². The van der Waals surface area contributed by atoms with E-state index in [2.05, 4.69) is 0 Å². The normalized spacial score (nSPS) is 24.6. The highest BCUT2D eigenvalue weighted by atomic mass is 32.2. The molecule has 0 spiro atoms. The van der Waals surface area contributed by atoms with Gasteiger partial charge >= 0.3 is 0 Å². The average molecular weight is 241 g/mol. The van der Waals surface area contributed by atoms with Crippen molar-refractivity contribution < 1.29 is 13.0 Å². The molecule has 0 bridgehead atoms. The lowest BCUT2D eigenvalue weighted by atomic mass is 10.1. The Kier molecular flexibility index (Phi) is 2.29. The van der Waals surface area contributed by atoms with Crippen LogP contribution in [0.3, 0.4) is 0 Å². The highest BCUT2D eigenvalue weighted by Gasteiger charge is 2.47. The van der Waals surface area contributed by atoms with Crippen molar-refractivity contribution in [3.8, 4) is 0 Å². The number of rotatable bonds is 1. The summed E-state index contributed by atoms with van der Waals surface area (Å²) in [6.45, 7) is 3.50. The van der Waals surface area contributed by atoms with E-state index in [-0.39, 0.29) is 0 Å². The predicted octanol–water partition coefficient (Wildman–Crippen LogP) is 1.59. The van der Waals surface area contributed by atoms with Crippen LogP contribution in [-0.2, 0) is 16.5 Å². The lowest BCUT2D eigenvalue weighted by Crippen LogP contribution is -2.48. The van der Waals surface area contributed by atoms with Crippen LogP contribution in [0.15, 0.2) is 18.2 Å². The SMILES string of the molecule is Cc1ccc2c(c1)CC(C)(S(=O)(=O)O)N2C. The van der Waals surface area contributed by atoms with Gasteiger partial charge in [0.2, 0.25) is 0 Å². The lowest BCUT2D eigenvalue weighted by Gasteiger charge is -2.30. The van der Waals surface area contributed by atoms with Crippen molar-refractivity contribution in [3.63, 3.8) is 0 Å². The zero-order chi connectivity index (χ0) is 12.1. The number of fused-ring (bicyclic) bond motifs is 1. The number of hydrogen-bond donors (Lipinski definition) is 1. The van der Waals surface area contributed by atoms with E-state index in [4.69, 9.17) is 0 Å². The van der Waals surface area contributed by atoms with Crippen molar-refractivity contribution in [2.45, 2.75) is 25.1 Å². The van der Waals surface area contributed by atoms with E-state index in [1.807, 2.05) is 25.1 Å². The second kappa shape index (κ2) is 3.21. The minimum absolute atomic E-state index is 0.319. The molecular formula is C11H15NO3S. The molecule has 0 fully saturated rings. The molecule has 1 aromatic carbocycles. The largest absolute Gasteiger partial charge is 0.353 e. The zero-order valence-corrected chi connectivity index (χ0v) is 10.4. The van der Waals surface area contributed by atoms with Gasteiger partial charge in [0, 0.05) is 19.2 Å². The molecule has 0 saturated carbocycles. The number of benzene rings is 1. The van der Waals surface area contributed by atoms with Crippen molar-refractivity contribution in [1.82, 2.24) is 0 Å². The molecule has 0 aliphatic carbocycles. The van der Waals surface area contributed by atoms with Crippen LogP contribution in [-0.4, -0.2) is 24.9 Å². The van der Waals surface area contributed by atoms with Gasteiger partial charge in [-0.2, -0.15) is 8.42 Å². The van der Waals surface area contributed by atoms with Crippen LogP contribution in [0.4, 0.5) is 5.69 Å². The monoisotopic (exact) mass is 241 g/mol. The first-order valence-electron chi connectivity index (χ1n) is 5.06. The molecule has 16 heavy (non-hydrogen) atoms. The Hall–Kier alpha value is -1.07. The standard InChI is InChI=1S/C11H15NO3S/c1-8-4-5-10-9(6-8)7-11(2,12(10)3)16(13,14)15/h4-6H,7H2,1-3H3,(H,13,14,15). The Morgan fingerprint density at radius 2 is 2.06 bits per heavy atom. The van der Waals surface area contributed by atoms with Gasteiger partial charge in [0.25, 0.3) is 10.1 Å². The van der Waals surface area contributed by atoms with E-state index in [1.165, 1.54) is 6.92 Å². The van der Waals surface area contributed by atoms with Gasteiger partial charge in [-0.05, 0) is 25.5 Å². The summed E-state index contributed by atoms with van der Waals surface area (Å²) in [5.74, 6) is 0. The summed E-state index contributed by atoms with van der Waals surface area (Å²) in [5.41, 5.74) is 2.92. The molecule has 4 nitrogen and oxygen atoms in total. The summed E-state index contributed by atoms with van der Waals surface area (Å²) in [4.78, 5) is 0.375. The van der Waals surface area contributed by atoms with E-state index in [9.17, 15) is 13.0 Å². The molecule has 0 amide bonds. The van der Waals surface area contributed by atoms with Crippen molar-refractivity contribution in [2.24, 2.45) is 0 Å². The van der Waals surface area contributed by atoms with Gasteiger partial charge in [0.05, 0.1) is 0 Å². The summed E-state index contributed by atoms with van der Waals surface area (Å²) < 4.78 is 32.2. The van der Waals surface area contributed by atoms with Gasteiger partial charge < -0.3 is 4.90 Å². The molecule has 0 saturated heterocycles. The third-order valence-electron chi connectivity index (χ3n) is 3.38. The minimum Gasteiger partial charge on any atom is -0.353 e. The molecule has 88 valence electrons. The molecule has 1 unspecified atom stereocenters. The smallest absolute Gasteiger partial charge is 0.289 e. The maximum Gasteiger partial charge on any atom is 0.289 e. The second-order valence-corrected chi connectivity index (χ2v) is 6.35. The van der Waals surface area contributed by atoms with Gasteiger partial charge in [0.15, 0.2) is 4.87 Å². The fourth-order valence-electron chi connectivity index (χ4n) is 2.17. The van der Waals surface area contributed by atoms with Gasteiger partial charge in [-0.3, -0.25) is 4.55 Å². The minimum atomic E-state index is -4.11. The number of likely N-dealkylation sites (N-methyl/N-ethyl adjacent to an activating group) is 1. The van der Waals surface area contributed by atoms with Gasteiger partial charge in [0.1, 0.15) is 0 Å². The maximum absolute atomic E-state index is 11.4. The van der Waals surface area contributed by atoms with Crippen LogP contribution >= 0.6 is 0 Å². The van der Waals surface area contributed by atoms with Crippen molar-refractivity contribution in [3.05, 3.63) is 29.3 Å². The fraction of sp³-hybridized carbons (Fsp3) is 0.455. The van der Waals surface area contributed by atoms with E-state index >= 15 is 0 Å². The van der Waals surface area contributed by atoms with Crippen LogP contribution in [0.2, 0.25) is 0 Å². The van der Waals surface area contributed by atoms with Crippen LogP contribution in [0, 0.1) is 6.92 Å². The molecule has 1 N–H and O–H groups in total.